The van der Waals surface area contributed by atoms with Crippen molar-refractivity contribution in [2.24, 2.45) is 5.92 Å². The summed E-state index contributed by atoms with van der Waals surface area (Å²) in [5.74, 6) is 0.829. The summed E-state index contributed by atoms with van der Waals surface area (Å²) in [4.78, 5) is 2.77. The Bertz CT molecular complexity index is 522. The summed E-state index contributed by atoms with van der Waals surface area (Å²) in [6.07, 6.45) is 3.36. The Morgan fingerprint density at radius 3 is 2.48 bits per heavy atom. The van der Waals surface area contributed by atoms with Gasteiger partial charge in [0.05, 0.1) is 4.90 Å². The fraction of sp³-hybridized carbons (Fsp3) is 0.625. The summed E-state index contributed by atoms with van der Waals surface area (Å²) >= 11 is 0. The van der Waals surface area contributed by atoms with Crippen LogP contribution in [0, 0.1) is 5.92 Å². The van der Waals surface area contributed by atoms with Crippen LogP contribution >= 0.6 is 0 Å². The third kappa shape index (κ3) is 5.09. The number of likely N-dealkylation sites (tertiary alicyclic amines) is 1. The molecule has 0 saturated carbocycles. The SMILES string of the molecule is CC1CCN(CCC(C)NS(=O)(=O)c2ccccc2)CC1. The second-order valence-corrected chi connectivity index (χ2v) is 7.86. The highest BCUT2D eigenvalue weighted by atomic mass is 32.2. The summed E-state index contributed by atoms with van der Waals surface area (Å²) in [6.45, 7) is 7.48. The lowest BCUT2D eigenvalue weighted by Crippen LogP contribution is -2.38. The molecular weight excluding hydrogens is 284 g/mol. The molecule has 0 bridgehead atoms. The summed E-state index contributed by atoms with van der Waals surface area (Å²) in [5.41, 5.74) is 0. The van der Waals surface area contributed by atoms with E-state index in [4.69, 9.17) is 0 Å². The molecular formula is C16H26N2O2S. The Kier molecular flexibility index (Phi) is 5.79. The van der Waals surface area contributed by atoms with Crippen LogP contribution < -0.4 is 4.72 Å². The molecule has 1 N–H and O–H groups in total. The van der Waals surface area contributed by atoms with Crippen LogP contribution in [0.4, 0.5) is 0 Å². The minimum absolute atomic E-state index is 0.0467. The van der Waals surface area contributed by atoms with Gasteiger partial charge in [-0.15, -0.1) is 0 Å². The zero-order chi connectivity index (χ0) is 15.3. The second-order valence-electron chi connectivity index (χ2n) is 6.15. The van der Waals surface area contributed by atoms with Crippen molar-refractivity contribution in [3.63, 3.8) is 0 Å². The van der Waals surface area contributed by atoms with E-state index in [1.54, 1.807) is 24.3 Å². The zero-order valence-electron chi connectivity index (χ0n) is 13.0. The number of nitrogens with zero attached hydrogens (tertiary/aromatic N) is 1. The number of piperidine rings is 1. The smallest absolute Gasteiger partial charge is 0.240 e. The highest BCUT2D eigenvalue weighted by molar-refractivity contribution is 7.89. The second kappa shape index (κ2) is 7.38. The maximum atomic E-state index is 12.2. The van der Waals surface area contributed by atoms with Crippen molar-refractivity contribution in [2.75, 3.05) is 19.6 Å². The first-order valence-electron chi connectivity index (χ1n) is 7.77. The minimum atomic E-state index is -3.39. The maximum absolute atomic E-state index is 12.2. The van der Waals surface area contributed by atoms with Crippen molar-refractivity contribution in [2.45, 2.75) is 44.0 Å². The van der Waals surface area contributed by atoms with Gasteiger partial charge in [-0.25, -0.2) is 13.1 Å². The van der Waals surface area contributed by atoms with E-state index in [0.717, 1.165) is 32.0 Å². The van der Waals surface area contributed by atoms with E-state index >= 15 is 0 Å². The Morgan fingerprint density at radius 2 is 1.86 bits per heavy atom. The van der Waals surface area contributed by atoms with Gasteiger partial charge >= 0.3 is 0 Å². The largest absolute Gasteiger partial charge is 0.303 e. The predicted molar refractivity (Wildman–Crippen MR) is 85.7 cm³/mol. The van der Waals surface area contributed by atoms with Crippen LogP contribution in [-0.4, -0.2) is 39.0 Å². The molecule has 1 aromatic carbocycles. The molecule has 0 spiro atoms. The molecule has 5 heteroatoms. The average molecular weight is 310 g/mol. The minimum Gasteiger partial charge on any atom is -0.303 e. The van der Waals surface area contributed by atoms with Gasteiger partial charge in [0.25, 0.3) is 0 Å². The number of nitrogens with one attached hydrogen (secondary N) is 1. The number of sulfonamides is 1. The highest BCUT2D eigenvalue weighted by Crippen LogP contribution is 2.16. The monoisotopic (exact) mass is 310 g/mol. The van der Waals surface area contributed by atoms with E-state index in [0.29, 0.717) is 4.90 Å². The third-order valence-corrected chi connectivity index (χ3v) is 5.77. The van der Waals surface area contributed by atoms with E-state index in [1.807, 2.05) is 13.0 Å². The fourth-order valence-electron chi connectivity index (χ4n) is 2.65. The average Bonchev–Trinajstić information content (AvgIpc) is 2.47. The number of benzene rings is 1. The van der Waals surface area contributed by atoms with Crippen molar-refractivity contribution in [3.8, 4) is 0 Å². The zero-order valence-corrected chi connectivity index (χ0v) is 13.8. The molecule has 4 nitrogen and oxygen atoms in total. The lowest BCUT2D eigenvalue weighted by atomic mass is 9.99. The van der Waals surface area contributed by atoms with Crippen molar-refractivity contribution in [1.82, 2.24) is 9.62 Å². The summed E-state index contributed by atoms with van der Waals surface area (Å²) < 4.78 is 27.2. The molecule has 21 heavy (non-hydrogen) atoms. The molecule has 1 unspecified atom stereocenters. The van der Waals surface area contributed by atoms with Crippen LogP contribution in [0.1, 0.15) is 33.1 Å². The Balaban J connectivity index is 1.80. The van der Waals surface area contributed by atoms with Gasteiger partial charge in [-0.1, -0.05) is 25.1 Å². The van der Waals surface area contributed by atoms with Crippen LogP contribution in [0.25, 0.3) is 0 Å². The highest BCUT2D eigenvalue weighted by Gasteiger charge is 2.19. The standard InChI is InChI=1S/C16H26N2O2S/c1-14-8-11-18(12-9-14)13-10-15(2)17-21(19,20)16-6-4-3-5-7-16/h3-7,14-15,17H,8-13H2,1-2H3. The Labute approximate surface area is 128 Å². The summed E-state index contributed by atoms with van der Waals surface area (Å²) in [5, 5.41) is 0. The molecule has 1 fully saturated rings. The van der Waals surface area contributed by atoms with E-state index in [2.05, 4.69) is 16.5 Å². The molecule has 0 amide bonds. The summed E-state index contributed by atoms with van der Waals surface area (Å²) in [6, 6.07) is 8.51. The van der Waals surface area contributed by atoms with Gasteiger partial charge in [0, 0.05) is 6.04 Å². The molecule has 0 radical (unpaired) electrons. The van der Waals surface area contributed by atoms with Crippen LogP contribution in [0.15, 0.2) is 35.2 Å². The van der Waals surface area contributed by atoms with Crippen LogP contribution in [0.2, 0.25) is 0 Å². The maximum Gasteiger partial charge on any atom is 0.240 e. The van der Waals surface area contributed by atoms with Gasteiger partial charge in [0.15, 0.2) is 0 Å². The molecule has 0 aromatic heterocycles. The number of hydrogen-bond acceptors (Lipinski definition) is 3. The first-order chi connectivity index (χ1) is 9.97. The molecule has 0 aliphatic carbocycles. The molecule has 118 valence electrons. The fourth-order valence-corrected chi connectivity index (χ4v) is 3.95. The molecule has 2 rings (SSSR count). The van der Waals surface area contributed by atoms with Crippen molar-refractivity contribution < 1.29 is 8.42 Å². The molecule has 1 atom stereocenters. The Morgan fingerprint density at radius 1 is 1.24 bits per heavy atom. The van der Waals surface area contributed by atoms with Crippen molar-refractivity contribution in [1.29, 1.82) is 0 Å². The lowest BCUT2D eigenvalue weighted by molar-refractivity contribution is 0.187. The van der Waals surface area contributed by atoms with Crippen LogP contribution in [-0.2, 0) is 10.0 Å². The lowest BCUT2D eigenvalue weighted by Gasteiger charge is -2.30. The first-order valence-corrected chi connectivity index (χ1v) is 9.25. The summed E-state index contributed by atoms with van der Waals surface area (Å²) in [7, 11) is -3.39. The van der Waals surface area contributed by atoms with Crippen LogP contribution in [0.5, 0.6) is 0 Å². The third-order valence-electron chi connectivity index (χ3n) is 4.16. The first kappa shape index (κ1) is 16.5. The Hall–Kier alpha value is -0.910. The van der Waals surface area contributed by atoms with Crippen LogP contribution in [0.3, 0.4) is 0 Å². The van der Waals surface area contributed by atoms with Gasteiger partial charge in [-0.3, -0.25) is 0 Å². The normalized spacial score (nSPS) is 19.5. The van der Waals surface area contributed by atoms with Gasteiger partial charge in [-0.05, 0) is 63.9 Å². The van der Waals surface area contributed by atoms with E-state index < -0.39 is 10.0 Å². The number of rotatable bonds is 6. The van der Waals surface area contributed by atoms with Crippen molar-refractivity contribution >= 4 is 10.0 Å². The van der Waals surface area contributed by atoms with Gasteiger partial charge in [0.1, 0.15) is 0 Å². The molecule has 1 saturated heterocycles. The van der Waals surface area contributed by atoms with E-state index in [9.17, 15) is 8.42 Å². The van der Waals surface area contributed by atoms with Gasteiger partial charge < -0.3 is 4.90 Å². The molecule has 1 aromatic rings. The van der Waals surface area contributed by atoms with Crippen molar-refractivity contribution in [3.05, 3.63) is 30.3 Å². The predicted octanol–water partition coefficient (Wildman–Crippen LogP) is 2.48. The number of hydrogen-bond donors (Lipinski definition) is 1. The topological polar surface area (TPSA) is 49.4 Å². The van der Waals surface area contributed by atoms with Gasteiger partial charge in [-0.2, -0.15) is 0 Å². The molecule has 1 heterocycles. The van der Waals surface area contributed by atoms with E-state index in [1.165, 1.54) is 12.8 Å². The quantitative estimate of drug-likeness (QED) is 0.878. The van der Waals surface area contributed by atoms with E-state index in [-0.39, 0.29) is 6.04 Å². The molecule has 1 aliphatic rings. The molecule has 1 aliphatic heterocycles. The van der Waals surface area contributed by atoms with Gasteiger partial charge in [0.2, 0.25) is 10.0 Å².